The first kappa shape index (κ1) is 28.2. The summed E-state index contributed by atoms with van der Waals surface area (Å²) in [5, 5.41) is 21.8. The molecular formula is C27H27ClN4O6. The Balaban J connectivity index is 2.12. The fourth-order valence-corrected chi connectivity index (χ4v) is 4.01. The van der Waals surface area contributed by atoms with Crippen molar-refractivity contribution >= 4 is 35.0 Å². The zero-order chi connectivity index (χ0) is 28.2. The van der Waals surface area contributed by atoms with Crippen LogP contribution in [0.15, 0.2) is 48.5 Å². The zero-order valence-electron chi connectivity index (χ0n) is 21.6. The minimum atomic E-state index is -0.913. The summed E-state index contributed by atoms with van der Waals surface area (Å²) in [6.07, 6.45) is -0.878. The van der Waals surface area contributed by atoms with Crippen LogP contribution in [0.3, 0.4) is 0 Å². The quantitative estimate of drug-likeness (QED) is 0.195. The Labute approximate surface area is 225 Å². The van der Waals surface area contributed by atoms with Gasteiger partial charge in [-0.15, -0.1) is 0 Å². The SMILES string of the molecule is CCOC(=O)c1cccc([N+](=O)[O-])c1N(Cc1ccc(-n2c(C#N)cc(C)c2Cl)cc1)C(=O)OC(C)(C)C. The van der Waals surface area contributed by atoms with E-state index in [0.717, 1.165) is 10.5 Å². The van der Waals surface area contributed by atoms with Gasteiger partial charge in [0.2, 0.25) is 0 Å². The molecule has 0 aliphatic rings. The number of nitrogens with zero attached hydrogens (tertiary/aromatic N) is 4. The van der Waals surface area contributed by atoms with E-state index in [1.54, 1.807) is 69.5 Å². The summed E-state index contributed by atoms with van der Waals surface area (Å²) >= 11 is 6.39. The Hall–Kier alpha value is -4.36. The molecule has 0 aliphatic heterocycles. The molecule has 0 unspecified atom stereocenters. The van der Waals surface area contributed by atoms with Crippen LogP contribution in [0, 0.1) is 28.4 Å². The number of halogens is 1. The van der Waals surface area contributed by atoms with Crippen molar-refractivity contribution in [3.63, 3.8) is 0 Å². The van der Waals surface area contributed by atoms with Gasteiger partial charge in [0.05, 0.1) is 23.6 Å². The molecule has 0 bridgehead atoms. The number of carbonyl (C=O) groups is 2. The van der Waals surface area contributed by atoms with Crippen LogP contribution in [0.2, 0.25) is 5.15 Å². The van der Waals surface area contributed by atoms with Gasteiger partial charge in [0, 0.05) is 11.8 Å². The summed E-state index contributed by atoms with van der Waals surface area (Å²) in [4.78, 5) is 38.4. The molecule has 38 heavy (non-hydrogen) atoms. The smallest absolute Gasteiger partial charge is 0.415 e. The van der Waals surface area contributed by atoms with E-state index in [0.29, 0.717) is 22.1 Å². The second kappa shape index (κ2) is 11.4. The normalized spacial score (nSPS) is 11.0. The van der Waals surface area contributed by atoms with E-state index in [1.807, 2.05) is 0 Å². The molecule has 0 atom stereocenters. The molecule has 3 rings (SSSR count). The van der Waals surface area contributed by atoms with Gasteiger partial charge in [-0.2, -0.15) is 5.26 Å². The maximum absolute atomic E-state index is 13.4. The molecule has 2 aromatic carbocycles. The summed E-state index contributed by atoms with van der Waals surface area (Å²) in [6, 6.07) is 14.5. The minimum Gasteiger partial charge on any atom is -0.462 e. The number of hydrogen-bond acceptors (Lipinski definition) is 7. The lowest BCUT2D eigenvalue weighted by atomic mass is 10.1. The number of hydrogen-bond donors (Lipinski definition) is 0. The number of nitro groups is 1. The number of rotatable bonds is 7. The topological polar surface area (TPSA) is 128 Å². The molecule has 1 amide bonds. The fourth-order valence-electron chi connectivity index (χ4n) is 3.77. The van der Waals surface area contributed by atoms with Gasteiger partial charge < -0.3 is 9.47 Å². The lowest BCUT2D eigenvalue weighted by molar-refractivity contribution is -0.384. The monoisotopic (exact) mass is 538 g/mol. The number of ether oxygens (including phenoxy) is 2. The van der Waals surface area contributed by atoms with Gasteiger partial charge in [-0.05, 0) is 70.0 Å². The van der Waals surface area contributed by atoms with E-state index >= 15 is 0 Å². The second-order valence-corrected chi connectivity index (χ2v) is 9.69. The third kappa shape index (κ3) is 6.12. The Kier molecular flexibility index (Phi) is 8.43. The van der Waals surface area contributed by atoms with Crippen molar-refractivity contribution in [3.05, 3.63) is 86.2 Å². The largest absolute Gasteiger partial charge is 0.462 e. The van der Waals surface area contributed by atoms with Gasteiger partial charge in [-0.3, -0.25) is 19.6 Å². The highest BCUT2D eigenvalue weighted by Crippen LogP contribution is 2.35. The molecule has 0 fully saturated rings. The Morgan fingerprint density at radius 2 is 1.84 bits per heavy atom. The van der Waals surface area contributed by atoms with Crippen LogP contribution in [0.4, 0.5) is 16.2 Å². The van der Waals surface area contributed by atoms with Gasteiger partial charge in [0.15, 0.2) is 0 Å². The lowest BCUT2D eigenvalue weighted by Crippen LogP contribution is -2.37. The van der Waals surface area contributed by atoms with Gasteiger partial charge >= 0.3 is 12.1 Å². The number of amides is 1. The molecule has 11 heteroatoms. The molecule has 1 aromatic heterocycles. The summed E-state index contributed by atoms with van der Waals surface area (Å²) in [5.41, 5.74) is 0.550. The van der Waals surface area contributed by atoms with Crippen LogP contribution >= 0.6 is 11.6 Å². The number of nitro benzene ring substituents is 1. The van der Waals surface area contributed by atoms with Gasteiger partial charge in [-0.1, -0.05) is 29.8 Å². The number of nitriles is 1. The highest BCUT2D eigenvalue weighted by atomic mass is 35.5. The average molecular weight is 539 g/mol. The van der Waals surface area contributed by atoms with E-state index in [2.05, 4.69) is 6.07 Å². The van der Waals surface area contributed by atoms with E-state index in [-0.39, 0.29) is 24.4 Å². The van der Waals surface area contributed by atoms with Crippen LogP contribution in [-0.2, 0) is 16.0 Å². The maximum atomic E-state index is 13.4. The van der Waals surface area contributed by atoms with Crippen LogP contribution < -0.4 is 4.90 Å². The van der Waals surface area contributed by atoms with Crippen molar-refractivity contribution in [2.24, 2.45) is 0 Å². The lowest BCUT2D eigenvalue weighted by Gasteiger charge is -2.28. The molecule has 0 spiro atoms. The van der Waals surface area contributed by atoms with Crippen molar-refractivity contribution in [1.82, 2.24) is 4.57 Å². The summed E-state index contributed by atoms with van der Waals surface area (Å²) in [7, 11) is 0. The molecular weight excluding hydrogens is 512 g/mol. The van der Waals surface area contributed by atoms with E-state index in [4.69, 9.17) is 21.1 Å². The van der Waals surface area contributed by atoms with Crippen LogP contribution in [-0.4, -0.2) is 33.8 Å². The standard InChI is InChI=1S/C27H27ClN4O6/c1-6-37-25(33)21-8-7-9-22(32(35)36)23(21)30(26(34)38-27(3,4)5)16-18-10-12-19(13-11-18)31-20(15-29)14-17(2)24(31)28/h7-14H,6,16H2,1-5H3. The first-order chi connectivity index (χ1) is 17.9. The number of benzene rings is 2. The van der Waals surface area contributed by atoms with Crippen molar-refractivity contribution < 1.29 is 24.0 Å². The van der Waals surface area contributed by atoms with E-state index in [1.165, 1.54) is 18.2 Å². The molecule has 0 aliphatic carbocycles. The Bertz CT molecular complexity index is 1420. The Morgan fingerprint density at radius 3 is 2.39 bits per heavy atom. The summed E-state index contributed by atoms with van der Waals surface area (Å²) in [6.45, 7) is 8.29. The third-order valence-electron chi connectivity index (χ3n) is 5.36. The fraction of sp³-hybridized carbons (Fsp3) is 0.296. The second-order valence-electron chi connectivity index (χ2n) is 9.33. The van der Waals surface area contributed by atoms with Crippen molar-refractivity contribution in [3.8, 4) is 11.8 Å². The highest BCUT2D eigenvalue weighted by Gasteiger charge is 2.33. The van der Waals surface area contributed by atoms with Crippen molar-refractivity contribution in [2.75, 3.05) is 11.5 Å². The van der Waals surface area contributed by atoms with Crippen LogP contribution in [0.25, 0.3) is 5.69 Å². The number of aromatic nitrogens is 1. The number of esters is 1. The molecule has 198 valence electrons. The molecule has 0 radical (unpaired) electrons. The molecule has 0 saturated heterocycles. The number of aryl methyl sites for hydroxylation is 1. The first-order valence-electron chi connectivity index (χ1n) is 11.7. The summed E-state index contributed by atoms with van der Waals surface area (Å²) < 4.78 is 12.2. The Morgan fingerprint density at radius 1 is 1.18 bits per heavy atom. The molecule has 3 aromatic rings. The first-order valence-corrected chi connectivity index (χ1v) is 12.1. The van der Waals surface area contributed by atoms with Gasteiger partial charge in [0.25, 0.3) is 5.69 Å². The predicted octanol–water partition coefficient (Wildman–Crippen LogP) is 6.34. The minimum absolute atomic E-state index is 0.0426. The van der Waals surface area contributed by atoms with Crippen LogP contribution in [0.5, 0.6) is 0 Å². The zero-order valence-corrected chi connectivity index (χ0v) is 22.4. The summed E-state index contributed by atoms with van der Waals surface area (Å²) in [5.74, 6) is -0.809. The third-order valence-corrected chi connectivity index (χ3v) is 5.82. The predicted molar refractivity (Wildman–Crippen MR) is 142 cm³/mol. The van der Waals surface area contributed by atoms with Gasteiger partial charge in [-0.25, -0.2) is 9.59 Å². The van der Waals surface area contributed by atoms with Crippen LogP contribution in [0.1, 0.15) is 54.9 Å². The van der Waals surface area contributed by atoms with Crippen molar-refractivity contribution in [1.29, 1.82) is 5.26 Å². The average Bonchev–Trinajstić information content (AvgIpc) is 3.14. The molecule has 0 saturated carbocycles. The van der Waals surface area contributed by atoms with Crippen molar-refractivity contribution in [2.45, 2.75) is 46.8 Å². The number of para-hydroxylation sites is 1. The molecule has 0 N–H and O–H groups in total. The van der Waals surface area contributed by atoms with E-state index < -0.39 is 28.3 Å². The molecule has 10 nitrogen and oxygen atoms in total. The number of anilines is 1. The van der Waals surface area contributed by atoms with Gasteiger partial charge in [0.1, 0.15) is 28.2 Å². The maximum Gasteiger partial charge on any atom is 0.415 e. The van der Waals surface area contributed by atoms with E-state index in [9.17, 15) is 25.0 Å². The highest BCUT2D eigenvalue weighted by molar-refractivity contribution is 6.30. The number of carbonyl (C=O) groups excluding carboxylic acids is 2. The molecule has 1 heterocycles.